The highest BCUT2D eigenvalue weighted by molar-refractivity contribution is 6.42. The van der Waals surface area contributed by atoms with Crippen molar-refractivity contribution in [1.82, 2.24) is 5.32 Å². The summed E-state index contributed by atoms with van der Waals surface area (Å²) in [6.45, 7) is 2.00. The van der Waals surface area contributed by atoms with E-state index in [-0.39, 0.29) is 5.78 Å². The molecule has 1 atom stereocenters. The maximum atomic E-state index is 11.9. The van der Waals surface area contributed by atoms with Crippen molar-refractivity contribution in [1.29, 1.82) is 0 Å². The molecule has 92 valence electrons. The quantitative estimate of drug-likeness (QED) is 0.912. The van der Waals surface area contributed by atoms with E-state index < -0.39 is 0 Å². The van der Waals surface area contributed by atoms with Gasteiger partial charge in [0.15, 0.2) is 0 Å². The maximum Gasteiger partial charge on any atom is 0.137 e. The molecule has 2 rings (SSSR count). The Morgan fingerprint density at radius 1 is 1.35 bits per heavy atom. The summed E-state index contributed by atoms with van der Waals surface area (Å²) in [5.74, 6) is 0.780. The molecule has 1 N–H and O–H groups in total. The molecule has 4 heteroatoms. The van der Waals surface area contributed by atoms with Crippen molar-refractivity contribution in [2.45, 2.75) is 19.3 Å². The van der Waals surface area contributed by atoms with Gasteiger partial charge in [-0.1, -0.05) is 29.3 Å². The molecule has 1 aromatic rings. The van der Waals surface area contributed by atoms with Crippen LogP contribution in [0.5, 0.6) is 0 Å². The topological polar surface area (TPSA) is 29.1 Å². The van der Waals surface area contributed by atoms with Gasteiger partial charge in [-0.3, -0.25) is 4.79 Å². The Morgan fingerprint density at radius 2 is 2.18 bits per heavy atom. The van der Waals surface area contributed by atoms with Crippen LogP contribution in [0.2, 0.25) is 10.0 Å². The SMILES string of the molecule is O=C(Cc1ccc(Cl)c(Cl)c1)CC1CCNC1. The first kappa shape index (κ1) is 12.9. The number of hydrogen-bond acceptors (Lipinski definition) is 2. The first-order chi connectivity index (χ1) is 8.15. The minimum atomic E-state index is 0.275. The summed E-state index contributed by atoms with van der Waals surface area (Å²) in [6.07, 6.45) is 2.22. The summed E-state index contributed by atoms with van der Waals surface area (Å²) in [5, 5.41) is 4.31. The Morgan fingerprint density at radius 3 is 2.82 bits per heavy atom. The Hall–Kier alpha value is -0.570. The van der Waals surface area contributed by atoms with Crippen molar-refractivity contribution in [3.05, 3.63) is 33.8 Å². The fourth-order valence-corrected chi connectivity index (χ4v) is 2.48. The Kier molecular flexibility index (Phi) is 4.43. The number of Topliss-reactive ketones (excluding diaryl/α,β-unsaturated/α-hetero) is 1. The first-order valence-electron chi connectivity index (χ1n) is 5.81. The molecule has 0 aliphatic carbocycles. The fraction of sp³-hybridized carbons (Fsp3) is 0.462. The summed E-state index contributed by atoms with van der Waals surface area (Å²) in [4.78, 5) is 11.9. The van der Waals surface area contributed by atoms with E-state index in [1.165, 1.54) is 0 Å². The van der Waals surface area contributed by atoms with Crippen molar-refractivity contribution >= 4 is 29.0 Å². The van der Waals surface area contributed by atoms with Gasteiger partial charge in [0.1, 0.15) is 5.78 Å². The second-order valence-electron chi connectivity index (χ2n) is 4.53. The largest absolute Gasteiger partial charge is 0.316 e. The summed E-state index contributed by atoms with van der Waals surface area (Å²) in [5.41, 5.74) is 0.940. The number of hydrogen-bond donors (Lipinski definition) is 1. The molecule has 1 saturated heterocycles. The van der Waals surface area contributed by atoms with Crippen LogP contribution < -0.4 is 5.32 Å². The summed E-state index contributed by atoms with van der Waals surface area (Å²) >= 11 is 11.7. The molecule has 1 unspecified atom stereocenters. The van der Waals surface area contributed by atoms with E-state index in [9.17, 15) is 4.79 Å². The van der Waals surface area contributed by atoms with E-state index in [1.807, 2.05) is 6.07 Å². The predicted octanol–water partition coefficient (Wildman–Crippen LogP) is 3.10. The van der Waals surface area contributed by atoms with Crippen LogP contribution in [0.4, 0.5) is 0 Å². The van der Waals surface area contributed by atoms with E-state index in [1.54, 1.807) is 12.1 Å². The van der Waals surface area contributed by atoms with Gasteiger partial charge < -0.3 is 5.32 Å². The van der Waals surface area contributed by atoms with Gasteiger partial charge in [0.25, 0.3) is 0 Å². The smallest absolute Gasteiger partial charge is 0.137 e. The van der Waals surface area contributed by atoms with E-state index >= 15 is 0 Å². The fourth-order valence-electron chi connectivity index (χ4n) is 2.16. The number of carbonyl (C=O) groups excluding carboxylic acids is 1. The van der Waals surface area contributed by atoms with Crippen LogP contribution in [-0.2, 0) is 11.2 Å². The summed E-state index contributed by atoms with van der Waals surface area (Å²) in [7, 11) is 0. The summed E-state index contributed by atoms with van der Waals surface area (Å²) in [6, 6.07) is 5.37. The molecule has 0 amide bonds. The van der Waals surface area contributed by atoms with E-state index in [0.29, 0.717) is 28.8 Å². The van der Waals surface area contributed by atoms with Gasteiger partial charge in [-0.15, -0.1) is 0 Å². The van der Waals surface area contributed by atoms with Gasteiger partial charge in [0.05, 0.1) is 10.0 Å². The highest BCUT2D eigenvalue weighted by Gasteiger charge is 2.18. The zero-order chi connectivity index (χ0) is 12.3. The van der Waals surface area contributed by atoms with Crippen LogP contribution in [-0.4, -0.2) is 18.9 Å². The van der Waals surface area contributed by atoms with Gasteiger partial charge in [0.2, 0.25) is 0 Å². The van der Waals surface area contributed by atoms with E-state index in [0.717, 1.165) is 25.1 Å². The zero-order valence-corrected chi connectivity index (χ0v) is 11.0. The molecule has 1 fully saturated rings. The number of rotatable bonds is 4. The zero-order valence-electron chi connectivity index (χ0n) is 9.51. The molecule has 0 spiro atoms. The number of benzene rings is 1. The van der Waals surface area contributed by atoms with Crippen LogP contribution in [0.1, 0.15) is 18.4 Å². The molecule has 0 aromatic heterocycles. The lowest BCUT2D eigenvalue weighted by Crippen LogP contribution is -2.14. The molecule has 0 radical (unpaired) electrons. The second kappa shape index (κ2) is 5.85. The van der Waals surface area contributed by atoms with Crippen LogP contribution in [0.3, 0.4) is 0 Å². The average molecular weight is 272 g/mol. The lowest BCUT2D eigenvalue weighted by atomic mass is 9.98. The number of ketones is 1. The van der Waals surface area contributed by atoms with Gasteiger partial charge in [-0.25, -0.2) is 0 Å². The monoisotopic (exact) mass is 271 g/mol. The van der Waals surface area contributed by atoms with Crippen LogP contribution >= 0.6 is 23.2 Å². The molecule has 17 heavy (non-hydrogen) atoms. The molecule has 0 saturated carbocycles. The van der Waals surface area contributed by atoms with E-state index in [4.69, 9.17) is 23.2 Å². The molecule has 1 aliphatic rings. The number of halogens is 2. The third-order valence-corrected chi connectivity index (χ3v) is 3.80. The molecular formula is C13H15Cl2NO. The highest BCUT2D eigenvalue weighted by atomic mass is 35.5. The number of nitrogens with one attached hydrogen (secondary N) is 1. The minimum Gasteiger partial charge on any atom is -0.316 e. The Balaban J connectivity index is 1.90. The molecule has 1 heterocycles. The molecule has 1 aliphatic heterocycles. The van der Waals surface area contributed by atoms with Gasteiger partial charge in [-0.2, -0.15) is 0 Å². The number of carbonyl (C=O) groups is 1. The van der Waals surface area contributed by atoms with Gasteiger partial charge in [0, 0.05) is 12.8 Å². The van der Waals surface area contributed by atoms with Crippen molar-refractivity contribution in [3.63, 3.8) is 0 Å². The van der Waals surface area contributed by atoms with Crippen molar-refractivity contribution in [3.8, 4) is 0 Å². The van der Waals surface area contributed by atoms with Crippen molar-refractivity contribution < 1.29 is 4.79 Å². The molecule has 1 aromatic carbocycles. The van der Waals surface area contributed by atoms with Crippen LogP contribution in [0.25, 0.3) is 0 Å². The Labute approximate surface area is 111 Å². The minimum absolute atomic E-state index is 0.275. The standard InChI is InChI=1S/C13H15Cl2NO/c14-12-2-1-9(7-13(12)15)5-11(17)6-10-3-4-16-8-10/h1-2,7,10,16H,3-6,8H2. The van der Waals surface area contributed by atoms with Crippen molar-refractivity contribution in [2.24, 2.45) is 5.92 Å². The summed E-state index contributed by atoms with van der Waals surface area (Å²) < 4.78 is 0. The third kappa shape index (κ3) is 3.70. The molecule has 0 bridgehead atoms. The maximum absolute atomic E-state index is 11.9. The highest BCUT2D eigenvalue weighted by Crippen LogP contribution is 2.23. The lowest BCUT2D eigenvalue weighted by molar-refractivity contribution is -0.119. The predicted molar refractivity (Wildman–Crippen MR) is 70.8 cm³/mol. The van der Waals surface area contributed by atoms with E-state index in [2.05, 4.69) is 5.32 Å². The average Bonchev–Trinajstić information content (AvgIpc) is 2.76. The van der Waals surface area contributed by atoms with Gasteiger partial charge >= 0.3 is 0 Å². The second-order valence-corrected chi connectivity index (χ2v) is 5.34. The van der Waals surface area contributed by atoms with Gasteiger partial charge in [-0.05, 0) is 43.1 Å². The lowest BCUT2D eigenvalue weighted by Gasteiger charge is -2.07. The normalized spacial score (nSPS) is 19.5. The first-order valence-corrected chi connectivity index (χ1v) is 6.57. The van der Waals surface area contributed by atoms with Crippen LogP contribution in [0.15, 0.2) is 18.2 Å². The molecular weight excluding hydrogens is 257 g/mol. The third-order valence-electron chi connectivity index (χ3n) is 3.06. The van der Waals surface area contributed by atoms with Crippen molar-refractivity contribution in [2.75, 3.05) is 13.1 Å². The van der Waals surface area contributed by atoms with Crippen LogP contribution in [0, 0.1) is 5.92 Å². The Bertz CT molecular complexity index is 414. The molecule has 2 nitrogen and oxygen atoms in total.